The predicted octanol–water partition coefficient (Wildman–Crippen LogP) is 5.65. The summed E-state index contributed by atoms with van der Waals surface area (Å²) in [6, 6.07) is 22.5. The standard InChI is InChI=1S/C32H37N3O3/c1-32(2,3)34-31(37)35-16-15-26-25(22-11-8-12-24(17-22)38-4)14-13-23(29(26)20-35)19-33-30(36)28-18-27(28)21-9-6-5-7-10-21/h5-14,17,27-28H,15-16,18-20H2,1-4H3,(H,33,36)(H,34,37)/t27-,28+/m0/s1. The molecule has 1 aliphatic carbocycles. The van der Waals surface area contributed by atoms with Gasteiger partial charge in [0.2, 0.25) is 5.91 Å². The van der Waals surface area contributed by atoms with Crippen molar-refractivity contribution in [1.29, 1.82) is 0 Å². The highest BCUT2D eigenvalue weighted by molar-refractivity contribution is 5.83. The van der Waals surface area contributed by atoms with Crippen LogP contribution in [-0.4, -0.2) is 36.0 Å². The van der Waals surface area contributed by atoms with Gasteiger partial charge in [-0.05, 0) is 85.0 Å². The molecule has 6 nitrogen and oxygen atoms in total. The lowest BCUT2D eigenvalue weighted by atomic mass is 9.87. The molecule has 38 heavy (non-hydrogen) atoms. The number of fused-ring (bicyclic) bond motifs is 1. The monoisotopic (exact) mass is 511 g/mol. The summed E-state index contributed by atoms with van der Waals surface area (Å²) in [5.74, 6) is 1.24. The van der Waals surface area contributed by atoms with Crippen LogP contribution in [0.25, 0.3) is 11.1 Å². The molecule has 1 aliphatic heterocycles. The minimum Gasteiger partial charge on any atom is -0.497 e. The van der Waals surface area contributed by atoms with Crippen molar-refractivity contribution in [3.63, 3.8) is 0 Å². The third-order valence-corrected chi connectivity index (χ3v) is 7.47. The van der Waals surface area contributed by atoms with Crippen LogP contribution >= 0.6 is 0 Å². The van der Waals surface area contributed by atoms with Crippen molar-refractivity contribution in [2.45, 2.75) is 58.2 Å². The molecule has 0 bridgehead atoms. The highest BCUT2D eigenvalue weighted by Gasteiger charge is 2.43. The Morgan fingerprint density at radius 3 is 2.53 bits per heavy atom. The van der Waals surface area contributed by atoms with Crippen molar-refractivity contribution >= 4 is 11.9 Å². The van der Waals surface area contributed by atoms with Gasteiger partial charge < -0.3 is 20.3 Å². The first-order valence-corrected chi connectivity index (χ1v) is 13.4. The number of rotatable bonds is 6. The van der Waals surface area contributed by atoms with Gasteiger partial charge in [0.1, 0.15) is 5.75 Å². The van der Waals surface area contributed by atoms with Crippen molar-refractivity contribution in [2.75, 3.05) is 13.7 Å². The summed E-state index contributed by atoms with van der Waals surface area (Å²) in [6.45, 7) is 7.58. The zero-order valence-electron chi connectivity index (χ0n) is 22.7. The Labute approximate surface area is 225 Å². The van der Waals surface area contributed by atoms with E-state index in [4.69, 9.17) is 4.74 Å². The van der Waals surface area contributed by atoms with E-state index < -0.39 is 0 Å². The molecule has 3 aromatic carbocycles. The third kappa shape index (κ3) is 5.69. The topological polar surface area (TPSA) is 70.7 Å². The van der Waals surface area contributed by atoms with Gasteiger partial charge in [-0.2, -0.15) is 0 Å². The van der Waals surface area contributed by atoms with Crippen molar-refractivity contribution in [1.82, 2.24) is 15.5 Å². The van der Waals surface area contributed by atoms with E-state index in [0.717, 1.165) is 40.8 Å². The third-order valence-electron chi connectivity index (χ3n) is 7.47. The van der Waals surface area contributed by atoms with E-state index >= 15 is 0 Å². The van der Waals surface area contributed by atoms with E-state index in [1.54, 1.807) is 7.11 Å². The summed E-state index contributed by atoms with van der Waals surface area (Å²) in [5.41, 5.74) is 6.58. The molecule has 0 saturated heterocycles. The normalized spacial score (nSPS) is 18.4. The molecule has 2 N–H and O–H groups in total. The fourth-order valence-corrected chi connectivity index (χ4v) is 5.41. The van der Waals surface area contributed by atoms with Crippen LogP contribution in [0.1, 0.15) is 55.4 Å². The van der Waals surface area contributed by atoms with E-state index in [1.165, 1.54) is 11.1 Å². The molecule has 1 heterocycles. The molecular formula is C32H37N3O3. The lowest BCUT2D eigenvalue weighted by Crippen LogP contribution is -2.50. The Hall–Kier alpha value is -3.80. The van der Waals surface area contributed by atoms with Crippen LogP contribution in [0.5, 0.6) is 5.75 Å². The molecule has 3 amide bonds. The second-order valence-corrected chi connectivity index (χ2v) is 11.4. The van der Waals surface area contributed by atoms with Crippen LogP contribution in [0, 0.1) is 5.92 Å². The van der Waals surface area contributed by atoms with Crippen molar-refractivity contribution in [2.24, 2.45) is 5.92 Å². The van der Waals surface area contributed by atoms with E-state index in [0.29, 0.717) is 25.6 Å². The van der Waals surface area contributed by atoms with Gasteiger partial charge in [0, 0.05) is 31.1 Å². The minimum atomic E-state index is -0.309. The Bertz CT molecular complexity index is 1330. The second-order valence-electron chi connectivity index (χ2n) is 11.4. The van der Waals surface area contributed by atoms with Crippen molar-refractivity contribution in [3.8, 4) is 16.9 Å². The maximum atomic E-state index is 13.0. The van der Waals surface area contributed by atoms with E-state index in [-0.39, 0.29) is 23.4 Å². The summed E-state index contributed by atoms with van der Waals surface area (Å²) in [7, 11) is 1.67. The van der Waals surface area contributed by atoms with Crippen molar-refractivity contribution < 1.29 is 14.3 Å². The lowest BCUT2D eigenvalue weighted by Gasteiger charge is -2.34. The molecule has 2 aliphatic rings. The molecule has 2 atom stereocenters. The smallest absolute Gasteiger partial charge is 0.318 e. The van der Waals surface area contributed by atoms with Gasteiger partial charge >= 0.3 is 6.03 Å². The highest BCUT2D eigenvalue weighted by Crippen LogP contribution is 2.47. The number of nitrogens with zero attached hydrogens (tertiary/aromatic N) is 1. The largest absolute Gasteiger partial charge is 0.497 e. The Morgan fingerprint density at radius 1 is 1.00 bits per heavy atom. The zero-order chi connectivity index (χ0) is 26.9. The van der Waals surface area contributed by atoms with E-state index in [9.17, 15) is 9.59 Å². The molecule has 0 spiro atoms. The Morgan fingerprint density at radius 2 is 1.79 bits per heavy atom. The number of benzene rings is 3. The molecule has 0 radical (unpaired) electrons. The van der Waals surface area contributed by atoms with E-state index in [2.05, 4.69) is 41.0 Å². The van der Waals surface area contributed by atoms with Crippen LogP contribution in [0.4, 0.5) is 4.79 Å². The number of hydrogen-bond acceptors (Lipinski definition) is 3. The number of carbonyl (C=O) groups excluding carboxylic acids is 2. The minimum absolute atomic E-state index is 0.0262. The first kappa shape index (κ1) is 25.8. The second kappa shape index (κ2) is 10.5. The number of urea groups is 1. The summed E-state index contributed by atoms with van der Waals surface area (Å²) in [5, 5.41) is 6.29. The maximum absolute atomic E-state index is 13.0. The molecule has 198 valence electrons. The number of nitrogens with one attached hydrogen (secondary N) is 2. The van der Waals surface area contributed by atoms with Crippen LogP contribution < -0.4 is 15.4 Å². The number of ether oxygens (including phenoxy) is 1. The summed E-state index contributed by atoms with van der Waals surface area (Å²) >= 11 is 0. The fraction of sp³-hybridized carbons (Fsp3) is 0.375. The SMILES string of the molecule is COc1cccc(-c2ccc(CNC(=O)[C@@H]3C[C@H]3c3ccccc3)c3c2CCN(C(=O)NC(C)(C)C)C3)c1. The van der Waals surface area contributed by atoms with Crippen molar-refractivity contribution in [3.05, 3.63) is 89.0 Å². The van der Waals surface area contributed by atoms with Crippen LogP contribution in [-0.2, 0) is 24.3 Å². The average Bonchev–Trinajstić information content (AvgIpc) is 3.72. The molecule has 6 heteroatoms. The quantitative estimate of drug-likeness (QED) is 0.449. The molecule has 5 rings (SSSR count). The van der Waals surface area contributed by atoms with Gasteiger partial charge in [-0.3, -0.25) is 4.79 Å². The molecule has 0 unspecified atom stereocenters. The summed E-state index contributed by atoms with van der Waals surface area (Å²) < 4.78 is 5.46. The fourth-order valence-electron chi connectivity index (χ4n) is 5.41. The predicted molar refractivity (Wildman–Crippen MR) is 150 cm³/mol. The van der Waals surface area contributed by atoms with Crippen LogP contribution in [0.15, 0.2) is 66.7 Å². The van der Waals surface area contributed by atoms with Gasteiger partial charge in [0.05, 0.1) is 7.11 Å². The van der Waals surface area contributed by atoms with E-state index in [1.807, 2.05) is 62.1 Å². The number of amides is 3. The van der Waals surface area contributed by atoms with Crippen LogP contribution in [0.2, 0.25) is 0 Å². The average molecular weight is 512 g/mol. The van der Waals surface area contributed by atoms with Gasteiger partial charge in [0.15, 0.2) is 0 Å². The summed E-state index contributed by atoms with van der Waals surface area (Å²) in [4.78, 5) is 27.9. The van der Waals surface area contributed by atoms with Gasteiger partial charge in [-0.15, -0.1) is 0 Å². The number of methoxy groups -OCH3 is 1. The molecule has 1 fully saturated rings. The first-order valence-electron chi connectivity index (χ1n) is 13.4. The maximum Gasteiger partial charge on any atom is 0.318 e. The van der Waals surface area contributed by atoms with Gasteiger partial charge in [-0.25, -0.2) is 4.79 Å². The first-order chi connectivity index (χ1) is 18.2. The van der Waals surface area contributed by atoms with Crippen LogP contribution in [0.3, 0.4) is 0 Å². The summed E-state index contributed by atoms with van der Waals surface area (Å²) in [6.07, 6.45) is 1.64. The lowest BCUT2D eigenvalue weighted by molar-refractivity contribution is -0.122. The highest BCUT2D eigenvalue weighted by atomic mass is 16.5. The number of hydrogen-bond donors (Lipinski definition) is 2. The molecule has 1 saturated carbocycles. The molecular weight excluding hydrogens is 474 g/mol. The Balaban J connectivity index is 1.38. The molecule has 3 aromatic rings. The Kier molecular flexibility index (Phi) is 7.15. The van der Waals surface area contributed by atoms with Gasteiger partial charge in [0.25, 0.3) is 0 Å². The zero-order valence-corrected chi connectivity index (χ0v) is 22.7. The molecule has 0 aromatic heterocycles. The number of carbonyl (C=O) groups is 2. The van der Waals surface area contributed by atoms with Gasteiger partial charge in [-0.1, -0.05) is 54.6 Å².